The zero-order valence-electron chi connectivity index (χ0n) is 12.2. The van der Waals surface area contributed by atoms with Crippen molar-refractivity contribution >= 4 is 38.2 Å². The topological polar surface area (TPSA) is 50.9 Å². The SMILES string of the molecule is Nc1cnc2ccc(Br)cc2c1NCCCC1CCCC1. The smallest absolute Gasteiger partial charge is 0.0743 e. The monoisotopic (exact) mass is 347 g/mol. The number of aromatic nitrogens is 1. The van der Waals surface area contributed by atoms with Crippen LogP contribution in [0.3, 0.4) is 0 Å². The van der Waals surface area contributed by atoms with Gasteiger partial charge in [0, 0.05) is 16.4 Å². The third-order valence-electron chi connectivity index (χ3n) is 4.43. The number of nitrogens with one attached hydrogen (secondary N) is 1. The van der Waals surface area contributed by atoms with E-state index in [2.05, 4.69) is 32.3 Å². The van der Waals surface area contributed by atoms with E-state index in [9.17, 15) is 0 Å². The first kappa shape index (κ1) is 14.6. The normalized spacial score (nSPS) is 15.7. The molecule has 4 heteroatoms. The second kappa shape index (κ2) is 6.65. The maximum atomic E-state index is 6.10. The van der Waals surface area contributed by atoms with Crippen LogP contribution in [-0.2, 0) is 0 Å². The molecule has 1 aromatic heterocycles. The van der Waals surface area contributed by atoms with Gasteiger partial charge in [0.1, 0.15) is 0 Å². The molecule has 1 aliphatic carbocycles. The van der Waals surface area contributed by atoms with Crippen LogP contribution in [0.5, 0.6) is 0 Å². The average Bonchev–Trinajstić information content (AvgIpc) is 2.98. The van der Waals surface area contributed by atoms with E-state index in [1.165, 1.54) is 38.5 Å². The minimum absolute atomic E-state index is 0.724. The minimum atomic E-state index is 0.724. The number of halogens is 1. The van der Waals surface area contributed by atoms with Gasteiger partial charge in [0.05, 0.1) is 23.1 Å². The van der Waals surface area contributed by atoms with Gasteiger partial charge in [-0.2, -0.15) is 0 Å². The highest BCUT2D eigenvalue weighted by Gasteiger charge is 2.14. The van der Waals surface area contributed by atoms with Crippen molar-refractivity contribution in [1.82, 2.24) is 4.98 Å². The standard InChI is InChI=1S/C17H22BrN3/c18-13-7-8-16-14(10-13)17(15(19)11-21-16)20-9-3-6-12-4-1-2-5-12/h7-8,10-12H,1-6,9,19H2,(H,20,21). The molecular weight excluding hydrogens is 326 g/mol. The van der Waals surface area contributed by atoms with Crippen molar-refractivity contribution in [2.24, 2.45) is 5.92 Å². The molecule has 21 heavy (non-hydrogen) atoms. The molecule has 0 unspecified atom stereocenters. The fourth-order valence-corrected chi connectivity index (χ4v) is 3.64. The number of rotatable bonds is 5. The molecule has 2 aromatic rings. The summed E-state index contributed by atoms with van der Waals surface area (Å²) in [5, 5.41) is 4.61. The first-order valence-corrected chi connectivity index (χ1v) is 8.61. The van der Waals surface area contributed by atoms with E-state index in [4.69, 9.17) is 5.73 Å². The van der Waals surface area contributed by atoms with Gasteiger partial charge in [0.25, 0.3) is 0 Å². The number of nitrogens with two attached hydrogens (primary N) is 1. The summed E-state index contributed by atoms with van der Waals surface area (Å²) in [5.41, 5.74) is 8.82. The summed E-state index contributed by atoms with van der Waals surface area (Å²) >= 11 is 3.52. The van der Waals surface area contributed by atoms with Crippen LogP contribution < -0.4 is 11.1 Å². The zero-order valence-corrected chi connectivity index (χ0v) is 13.8. The fourth-order valence-electron chi connectivity index (χ4n) is 3.28. The Balaban J connectivity index is 1.67. The summed E-state index contributed by atoms with van der Waals surface area (Å²) in [6, 6.07) is 6.11. The van der Waals surface area contributed by atoms with Crippen LogP contribution in [0.2, 0.25) is 0 Å². The lowest BCUT2D eigenvalue weighted by atomic mass is 10.0. The van der Waals surface area contributed by atoms with E-state index in [1.54, 1.807) is 6.20 Å². The van der Waals surface area contributed by atoms with Gasteiger partial charge in [-0.1, -0.05) is 41.6 Å². The maximum Gasteiger partial charge on any atom is 0.0743 e. The molecule has 0 amide bonds. The quantitative estimate of drug-likeness (QED) is 0.751. The molecule has 3 rings (SSSR count). The molecule has 1 heterocycles. The summed E-state index contributed by atoms with van der Waals surface area (Å²) in [6.45, 7) is 0.978. The van der Waals surface area contributed by atoms with Crippen LogP contribution >= 0.6 is 15.9 Å². The number of fused-ring (bicyclic) bond motifs is 1. The van der Waals surface area contributed by atoms with Gasteiger partial charge in [0.2, 0.25) is 0 Å². The minimum Gasteiger partial charge on any atom is -0.396 e. The Labute approximate surface area is 134 Å². The second-order valence-corrected chi connectivity index (χ2v) is 6.89. The van der Waals surface area contributed by atoms with Crippen LogP contribution in [0.4, 0.5) is 11.4 Å². The van der Waals surface area contributed by atoms with Crippen molar-refractivity contribution in [2.45, 2.75) is 38.5 Å². The summed E-state index contributed by atoms with van der Waals surface area (Å²) in [6.07, 6.45) is 9.99. The molecular formula is C17H22BrN3. The van der Waals surface area contributed by atoms with Crippen molar-refractivity contribution in [3.63, 3.8) is 0 Å². The highest BCUT2D eigenvalue weighted by molar-refractivity contribution is 9.10. The number of hydrogen-bond donors (Lipinski definition) is 2. The van der Waals surface area contributed by atoms with E-state index in [0.717, 1.165) is 39.2 Å². The van der Waals surface area contributed by atoms with Crippen molar-refractivity contribution < 1.29 is 0 Å². The number of nitrogen functional groups attached to an aromatic ring is 1. The van der Waals surface area contributed by atoms with E-state index >= 15 is 0 Å². The molecule has 0 bridgehead atoms. The summed E-state index contributed by atoms with van der Waals surface area (Å²) < 4.78 is 1.05. The van der Waals surface area contributed by atoms with Crippen molar-refractivity contribution in [2.75, 3.05) is 17.6 Å². The third kappa shape index (κ3) is 3.49. The van der Waals surface area contributed by atoms with Gasteiger partial charge in [-0.05, 0) is 37.0 Å². The molecule has 0 atom stereocenters. The van der Waals surface area contributed by atoms with Gasteiger partial charge in [-0.15, -0.1) is 0 Å². The number of anilines is 2. The van der Waals surface area contributed by atoms with Crippen molar-refractivity contribution in [1.29, 1.82) is 0 Å². The van der Waals surface area contributed by atoms with Gasteiger partial charge in [0.15, 0.2) is 0 Å². The van der Waals surface area contributed by atoms with Gasteiger partial charge < -0.3 is 11.1 Å². The van der Waals surface area contributed by atoms with E-state index < -0.39 is 0 Å². The molecule has 0 aliphatic heterocycles. The largest absolute Gasteiger partial charge is 0.396 e. The third-order valence-corrected chi connectivity index (χ3v) is 4.92. The maximum absolute atomic E-state index is 6.10. The number of pyridine rings is 1. The van der Waals surface area contributed by atoms with Crippen LogP contribution in [0, 0.1) is 5.92 Å². The van der Waals surface area contributed by atoms with Crippen LogP contribution in [-0.4, -0.2) is 11.5 Å². The summed E-state index contributed by atoms with van der Waals surface area (Å²) in [5.74, 6) is 0.951. The molecule has 112 valence electrons. The van der Waals surface area contributed by atoms with Crippen LogP contribution in [0.25, 0.3) is 10.9 Å². The summed E-state index contributed by atoms with van der Waals surface area (Å²) in [4.78, 5) is 4.39. The second-order valence-electron chi connectivity index (χ2n) is 5.97. The van der Waals surface area contributed by atoms with E-state index in [-0.39, 0.29) is 0 Å². The Bertz CT molecular complexity index is 615. The molecule has 1 aliphatic rings. The molecule has 1 fully saturated rings. The first-order chi connectivity index (χ1) is 10.2. The molecule has 0 spiro atoms. The average molecular weight is 348 g/mol. The van der Waals surface area contributed by atoms with Crippen molar-refractivity contribution in [3.05, 3.63) is 28.9 Å². The predicted molar refractivity (Wildman–Crippen MR) is 93.5 cm³/mol. The van der Waals surface area contributed by atoms with Crippen molar-refractivity contribution in [3.8, 4) is 0 Å². The lowest BCUT2D eigenvalue weighted by Crippen LogP contribution is -2.07. The number of benzene rings is 1. The summed E-state index contributed by atoms with van der Waals surface area (Å²) in [7, 11) is 0. The van der Waals surface area contributed by atoms with E-state index in [0.29, 0.717) is 0 Å². The number of hydrogen-bond acceptors (Lipinski definition) is 3. The van der Waals surface area contributed by atoms with E-state index in [1.807, 2.05) is 12.1 Å². The Hall–Kier alpha value is -1.29. The Morgan fingerprint density at radius 1 is 1.29 bits per heavy atom. The van der Waals surface area contributed by atoms with Crippen LogP contribution in [0.1, 0.15) is 38.5 Å². The molecule has 3 N–H and O–H groups in total. The molecule has 0 radical (unpaired) electrons. The van der Waals surface area contributed by atoms with Crippen LogP contribution in [0.15, 0.2) is 28.9 Å². The Morgan fingerprint density at radius 3 is 2.90 bits per heavy atom. The van der Waals surface area contributed by atoms with Gasteiger partial charge in [-0.3, -0.25) is 4.98 Å². The Morgan fingerprint density at radius 2 is 2.10 bits per heavy atom. The first-order valence-electron chi connectivity index (χ1n) is 7.81. The fraction of sp³-hybridized carbons (Fsp3) is 0.471. The predicted octanol–water partition coefficient (Wildman–Crippen LogP) is 4.96. The highest BCUT2D eigenvalue weighted by Crippen LogP contribution is 2.31. The lowest BCUT2D eigenvalue weighted by molar-refractivity contribution is 0.491. The van der Waals surface area contributed by atoms with Gasteiger partial charge in [-0.25, -0.2) is 0 Å². The molecule has 1 saturated carbocycles. The molecule has 0 saturated heterocycles. The number of nitrogens with zero attached hydrogens (tertiary/aromatic N) is 1. The highest BCUT2D eigenvalue weighted by atomic mass is 79.9. The lowest BCUT2D eigenvalue weighted by Gasteiger charge is -2.14. The zero-order chi connectivity index (χ0) is 14.7. The molecule has 3 nitrogen and oxygen atoms in total. The Kier molecular flexibility index (Phi) is 4.63. The van der Waals surface area contributed by atoms with Gasteiger partial charge >= 0.3 is 0 Å². The molecule has 1 aromatic carbocycles.